The lowest BCUT2D eigenvalue weighted by atomic mass is 10.0. The van der Waals surface area contributed by atoms with E-state index in [1.54, 1.807) is 35.1 Å². The Kier molecular flexibility index (Phi) is 3.59. The van der Waals surface area contributed by atoms with Crippen LogP contribution in [0.1, 0.15) is 5.56 Å². The average molecular weight is 394 g/mol. The SMILES string of the molecule is Cc1ccc(-c2cc3ccc(O)c(OI)c3oc2=O)cc1. The number of hydrogen-bond donors (Lipinski definition) is 1. The molecule has 0 unspecified atom stereocenters. The topological polar surface area (TPSA) is 59.7 Å². The van der Waals surface area contributed by atoms with Gasteiger partial charge >= 0.3 is 5.63 Å². The number of halogens is 1. The van der Waals surface area contributed by atoms with Crippen molar-refractivity contribution >= 4 is 34.0 Å². The second-order valence-electron chi connectivity index (χ2n) is 4.72. The molecule has 21 heavy (non-hydrogen) atoms. The Labute approximate surface area is 134 Å². The van der Waals surface area contributed by atoms with Gasteiger partial charge in [-0.05, 0) is 30.7 Å². The second-order valence-corrected chi connectivity index (χ2v) is 5.16. The quantitative estimate of drug-likeness (QED) is 0.523. The third-order valence-electron chi connectivity index (χ3n) is 3.28. The lowest BCUT2D eigenvalue weighted by Crippen LogP contribution is -2.03. The molecule has 2 aromatic carbocycles. The van der Waals surface area contributed by atoms with Crippen LogP contribution in [0.4, 0.5) is 0 Å². The minimum Gasteiger partial charge on any atom is -0.504 e. The molecule has 0 aliphatic rings. The molecule has 1 N–H and O–H groups in total. The van der Waals surface area contributed by atoms with Crippen molar-refractivity contribution in [2.24, 2.45) is 0 Å². The second kappa shape index (κ2) is 5.40. The Hall–Kier alpha value is -2.02. The Morgan fingerprint density at radius 2 is 1.86 bits per heavy atom. The molecule has 0 atom stereocenters. The largest absolute Gasteiger partial charge is 0.504 e. The molecule has 0 fully saturated rings. The number of rotatable bonds is 2. The lowest BCUT2D eigenvalue weighted by Gasteiger charge is -2.07. The summed E-state index contributed by atoms with van der Waals surface area (Å²) in [6, 6.07) is 12.6. The van der Waals surface area contributed by atoms with Crippen molar-refractivity contribution in [3.8, 4) is 22.6 Å². The van der Waals surface area contributed by atoms with Gasteiger partial charge in [-0.1, -0.05) is 29.8 Å². The smallest absolute Gasteiger partial charge is 0.344 e. The van der Waals surface area contributed by atoms with Gasteiger partial charge < -0.3 is 12.6 Å². The molecule has 106 valence electrons. The van der Waals surface area contributed by atoms with E-state index < -0.39 is 5.63 Å². The van der Waals surface area contributed by atoms with Gasteiger partial charge in [0.1, 0.15) is 0 Å². The summed E-state index contributed by atoms with van der Waals surface area (Å²) in [5.74, 6) is 0.0868. The zero-order valence-electron chi connectivity index (χ0n) is 11.1. The number of phenols is 1. The standard InChI is InChI=1S/C16H11IO4/c1-9-2-4-10(5-3-9)12-8-11-6-7-13(18)15(21-17)14(11)20-16(12)19/h2-8,18H,1H3. The fourth-order valence-corrected chi connectivity index (χ4v) is 2.58. The number of hydrogen-bond acceptors (Lipinski definition) is 4. The van der Waals surface area contributed by atoms with Gasteiger partial charge in [0.05, 0.1) is 5.56 Å². The maximum atomic E-state index is 12.2. The Bertz CT molecular complexity index is 866. The van der Waals surface area contributed by atoms with E-state index in [0.717, 1.165) is 11.1 Å². The average Bonchev–Trinajstić information content (AvgIpc) is 2.48. The monoisotopic (exact) mass is 394 g/mol. The minimum absolute atomic E-state index is 0.0665. The Morgan fingerprint density at radius 3 is 2.52 bits per heavy atom. The van der Waals surface area contributed by atoms with Crippen molar-refractivity contribution < 1.29 is 12.6 Å². The first-order valence-electron chi connectivity index (χ1n) is 6.25. The van der Waals surface area contributed by atoms with E-state index in [2.05, 4.69) is 0 Å². The van der Waals surface area contributed by atoms with Gasteiger partial charge in [0.15, 0.2) is 34.3 Å². The minimum atomic E-state index is -0.466. The Balaban J connectivity index is 2.27. The van der Waals surface area contributed by atoms with Crippen LogP contribution in [0.15, 0.2) is 51.7 Å². The first-order chi connectivity index (χ1) is 10.1. The van der Waals surface area contributed by atoms with E-state index in [1.807, 2.05) is 31.2 Å². The first-order valence-corrected chi connectivity index (χ1v) is 7.13. The fourth-order valence-electron chi connectivity index (χ4n) is 2.16. The molecule has 0 bridgehead atoms. The van der Waals surface area contributed by atoms with Crippen LogP contribution in [0, 0.1) is 6.92 Å². The molecular formula is C16H11IO4. The third-order valence-corrected chi connectivity index (χ3v) is 3.72. The molecule has 1 heterocycles. The fraction of sp³-hybridized carbons (Fsp3) is 0.0625. The predicted molar refractivity (Wildman–Crippen MR) is 89.0 cm³/mol. The summed E-state index contributed by atoms with van der Waals surface area (Å²) >= 11 is 1.64. The predicted octanol–water partition coefficient (Wildman–Crippen LogP) is 4.20. The molecule has 0 saturated heterocycles. The molecule has 0 radical (unpaired) electrons. The highest BCUT2D eigenvalue weighted by Gasteiger charge is 2.14. The summed E-state index contributed by atoms with van der Waals surface area (Å²) in [5.41, 5.74) is 2.17. The van der Waals surface area contributed by atoms with Gasteiger partial charge in [-0.15, -0.1) is 0 Å². The first kappa shape index (κ1) is 13.9. The number of benzene rings is 2. The molecule has 0 aliphatic heterocycles. The number of aromatic hydroxyl groups is 1. The zero-order valence-corrected chi connectivity index (χ0v) is 13.2. The van der Waals surface area contributed by atoms with E-state index >= 15 is 0 Å². The van der Waals surface area contributed by atoms with Crippen molar-refractivity contribution in [2.75, 3.05) is 0 Å². The van der Waals surface area contributed by atoms with Crippen molar-refractivity contribution in [2.45, 2.75) is 6.92 Å². The van der Waals surface area contributed by atoms with Crippen LogP contribution in [0.3, 0.4) is 0 Å². The molecule has 4 nitrogen and oxygen atoms in total. The highest BCUT2D eigenvalue weighted by atomic mass is 127. The van der Waals surface area contributed by atoms with Crippen LogP contribution in [-0.2, 0) is 0 Å². The summed E-state index contributed by atoms with van der Waals surface area (Å²) in [7, 11) is 0. The highest BCUT2D eigenvalue weighted by molar-refractivity contribution is 14.1. The van der Waals surface area contributed by atoms with Gasteiger partial charge in [-0.3, -0.25) is 0 Å². The number of aryl methyl sites for hydroxylation is 1. The van der Waals surface area contributed by atoms with Gasteiger partial charge in [-0.2, -0.15) is 0 Å². The normalized spacial score (nSPS) is 10.8. The summed E-state index contributed by atoms with van der Waals surface area (Å²) in [6.45, 7) is 1.99. The van der Waals surface area contributed by atoms with E-state index in [0.29, 0.717) is 10.9 Å². The van der Waals surface area contributed by atoms with E-state index in [4.69, 9.17) is 7.48 Å². The lowest BCUT2D eigenvalue weighted by molar-refractivity contribution is 0.452. The zero-order chi connectivity index (χ0) is 15.0. The molecule has 1 aromatic heterocycles. The van der Waals surface area contributed by atoms with Crippen LogP contribution in [0.25, 0.3) is 22.1 Å². The number of phenolic OH excluding ortho intramolecular Hbond substituents is 1. The van der Waals surface area contributed by atoms with E-state index in [9.17, 15) is 9.90 Å². The van der Waals surface area contributed by atoms with Gasteiger partial charge in [-0.25, -0.2) is 4.79 Å². The van der Waals surface area contributed by atoms with Crippen LogP contribution in [-0.4, -0.2) is 5.11 Å². The van der Waals surface area contributed by atoms with Gasteiger partial charge in [0.25, 0.3) is 0 Å². The maximum Gasteiger partial charge on any atom is 0.344 e. The molecule has 0 amide bonds. The molecule has 5 heteroatoms. The summed E-state index contributed by atoms with van der Waals surface area (Å²) in [5, 5.41) is 10.4. The van der Waals surface area contributed by atoms with Crippen LogP contribution >= 0.6 is 23.0 Å². The van der Waals surface area contributed by atoms with Crippen molar-refractivity contribution in [1.82, 2.24) is 0 Å². The Morgan fingerprint density at radius 1 is 1.14 bits per heavy atom. The highest BCUT2D eigenvalue weighted by Crippen LogP contribution is 2.36. The van der Waals surface area contributed by atoms with Crippen molar-refractivity contribution in [1.29, 1.82) is 0 Å². The molecule has 0 aliphatic carbocycles. The van der Waals surface area contributed by atoms with Crippen LogP contribution in [0.2, 0.25) is 0 Å². The van der Waals surface area contributed by atoms with Gasteiger partial charge in [0, 0.05) is 5.39 Å². The van der Waals surface area contributed by atoms with Crippen LogP contribution in [0.5, 0.6) is 11.5 Å². The third kappa shape index (κ3) is 2.49. The number of fused-ring (bicyclic) bond motifs is 1. The van der Waals surface area contributed by atoms with Crippen molar-refractivity contribution in [3.05, 3.63) is 58.4 Å². The van der Waals surface area contributed by atoms with Crippen molar-refractivity contribution in [3.63, 3.8) is 0 Å². The molecule has 0 saturated carbocycles. The molecule has 3 rings (SSSR count). The molecular weight excluding hydrogens is 383 g/mol. The van der Waals surface area contributed by atoms with Gasteiger partial charge in [0.2, 0.25) is 5.75 Å². The maximum absolute atomic E-state index is 12.2. The van der Waals surface area contributed by atoms with E-state index in [-0.39, 0.29) is 17.1 Å². The van der Waals surface area contributed by atoms with E-state index in [1.165, 1.54) is 6.07 Å². The van der Waals surface area contributed by atoms with Crippen LogP contribution < -0.4 is 8.69 Å². The summed E-state index contributed by atoms with van der Waals surface area (Å²) in [6.07, 6.45) is 0. The molecule has 3 aromatic rings. The summed E-state index contributed by atoms with van der Waals surface area (Å²) in [4.78, 5) is 12.2. The summed E-state index contributed by atoms with van der Waals surface area (Å²) < 4.78 is 10.4. The molecule has 0 spiro atoms.